The number of carboxylic acid groups (broad SMARTS) is 1. The summed E-state index contributed by atoms with van der Waals surface area (Å²) in [7, 11) is 1.10. The first-order valence-corrected chi connectivity index (χ1v) is 4.29. The molecule has 8 heteroatoms. The molecule has 0 bridgehead atoms. The zero-order valence-corrected chi connectivity index (χ0v) is 8.83. The summed E-state index contributed by atoms with van der Waals surface area (Å²) in [5, 5.41) is 8.73. The zero-order valence-electron chi connectivity index (χ0n) is 8.83. The summed E-state index contributed by atoms with van der Waals surface area (Å²) in [6.07, 6.45) is -4.23. The van der Waals surface area contributed by atoms with Crippen LogP contribution in [0.1, 0.15) is 16.1 Å². The molecule has 0 fully saturated rings. The van der Waals surface area contributed by atoms with Gasteiger partial charge in [0.05, 0.1) is 12.8 Å². The molecule has 1 N–H and O–H groups in total. The van der Waals surface area contributed by atoms with Gasteiger partial charge < -0.3 is 14.6 Å². The third kappa shape index (κ3) is 2.99. The molecule has 0 saturated carbocycles. The number of ether oxygens (including phenoxy) is 2. The highest BCUT2D eigenvalue weighted by atomic mass is 19.4. The van der Waals surface area contributed by atoms with E-state index < -0.39 is 23.6 Å². The van der Waals surface area contributed by atoms with Gasteiger partial charge in [0.1, 0.15) is 5.56 Å². The number of carboxylic acids is 1. The quantitative estimate of drug-likeness (QED) is 0.889. The fourth-order valence-electron chi connectivity index (χ4n) is 1.18. The number of rotatable bonds is 3. The van der Waals surface area contributed by atoms with Crippen molar-refractivity contribution in [1.82, 2.24) is 4.98 Å². The van der Waals surface area contributed by atoms with Crippen molar-refractivity contribution < 1.29 is 32.5 Å². The lowest BCUT2D eigenvalue weighted by molar-refractivity contribution is -0.275. The van der Waals surface area contributed by atoms with Gasteiger partial charge in [0.2, 0.25) is 0 Å². The van der Waals surface area contributed by atoms with Crippen molar-refractivity contribution in [3.63, 3.8) is 0 Å². The van der Waals surface area contributed by atoms with Crippen LogP contribution >= 0.6 is 0 Å². The molecule has 1 rings (SSSR count). The molecule has 0 atom stereocenters. The lowest BCUT2D eigenvalue weighted by Crippen LogP contribution is -2.20. The molecule has 1 aromatic rings. The summed E-state index contributed by atoms with van der Waals surface area (Å²) in [6, 6.07) is 0. The highest BCUT2D eigenvalue weighted by Gasteiger charge is 2.35. The van der Waals surface area contributed by atoms with Crippen molar-refractivity contribution in [2.75, 3.05) is 7.11 Å². The minimum absolute atomic E-state index is 0.0942. The standard InChI is InChI=1S/C9H8F3NO4/c1-4-6(16-2)7(17-9(10,11)12)5(3-13-4)8(14)15/h3H,1-2H3,(H,14,15). The fraction of sp³-hybridized carbons (Fsp3) is 0.333. The van der Waals surface area contributed by atoms with E-state index in [9.17, 15) is 18.0 Å². The van der Waals surface area contributed by atoms with Crippen molar-refractivity contribution in [2.24, 2.45) is 0 Å². The largest absolute Gasteiger partial charge is 0.573 e. The molecule has 1 aromatic heterocycles. The van der Waals surface area contributed by atoms with Crippen LogP contribution in [0.4, 0.5) is 13.2 Å². The van der Waals surface area contributed by atoms with Crippen LogP contribution in [-0.2, 0) is 0 Å². The van der Waals surface area contributed by atoms with Crippen LogP contribution in [0.15, 0.2) is 6.20 Å². The third-order valence-corrected chi connectivity index (χ3v) is 1.82. The molecule has 0 spiro atoms. The van der Waals surface area contributed by atoms with Gasteiger partial charge in [0.25, 0.3) is 0 Å². The number of halogens is 3. The monoisotopic (exact) mass is 251 g/mol. The smallest absolute Gasteiger partial charge is 0.491 e. The number of carbonyl (C=O) groups is 1. The van der Waals surface area contributed by atoms with Gasteiger partial charge in [-0.15, -0.1) is 13.2 Å². The van der Waals surface area contributed by atoms with Gasteiger partial charge >= 0.3 is 12.3 Å². The van der Waals surface area contributed by atoms with E-state index in [-0.39, 0.29) is 11.4 Å². The SMILES string of the molecule is COc1c(C)ncc(C(=O)O)c1OC(F)(F)F. The van der Waals surface area contributed by atoms with Crippen LogP contribution < -0.4 is 9.47 Å². The molecule has 0 aliphatic rings. The Morgan fingerprint density at radius 2 is 2.00 bits per heavy atom. The predicted molar refractivity (Wildman–Crippen MR) is 49.2 cm³/mol. The second kappa shape index (κ2) is 4.48. The van der Waals surface area contributed by atoms with E-state index in [2.05, 4.69) is 14.5 Å². The number of methoxy groups -OCH3 is 1. The Bertz CT molecular complexity index is 445. The molecule has 0 aliphatic heterocycles. The molecular weight excluding hydrogens is 243 g/mol. The molecule has 0 amide bonds. The normalized spacial score (nSPS) is 11.1. The summed E-state index contributed by atoms with van der Waals surface area (Å²) in [5.41, 5.74) is -0.624. The Hall–Kier alpha value is -1.99. The van der Waals surface area contributed by atoms with E-state index in [4.69, 9.17) is 5.11 Å². The number of aryl methyl sites for hydroxylation is 1. The van der Waals surface area contributed by atoms with Gasteiger partial charge in [-0.25, -0.2) is 4.79 Å². The number of hydrogen-bond acceptors (Lipinski definition) is 4. The topological polar surface area (TPSA) is 68.7 Å². The Morgan fingerprint density at radius 3 is 2.41 bits per heavy atom. The van der Waals surface area contributed by atoms with Crippen LogP contribution in [0.3, 0.4) is 0 Å². The third-order valence-electron chi connectivity index (χ3n) is 1.82. The van der Waals surface area contributed by atoms with E-state index in [0.29, 0.717) is 0 Å². The van der Waals surface area contributed by atoms with Gasteiger partial charge in [-0.1, -0.05) is 0 Å². The highest BCUT2D eigenvalue weighted by molar-refractivity contribution is 5.91. The number of hydrogen-bond donors (Lipinski definition) is 1. The number of alkyl halides is 3. The number of nitrogens with zero attached hydrogens (tertiary/aromatic N) is 1. The van der Waals surface area contributed by atoms with E-state index in [0.717, 1.165) is 13.3 Å². The van der Waals surface area contributed by atoms with Crippen LogP contribution in [0, 0.1) is 6.92 Å². The van der Waals surface area contributed by atoms with Gasteiger partial charge in [0.15, 0.2) is 11.5 Å². The van der Waals surface area contributed by atoms with Crippen LogP contribution in [0.2, 0.25) is 0 Å². The van der Waals surface area contributed by atoms with Gasteiger partial charge in [-0.2, -0.15) is 0 Å². The van der Waals surface area contributed by atoms with Crippen molar-refractivity contribution in [2.45, 2.75) is 13.3 Å². The Balaban J connectivity index is 3.39. The van der Waals surface area contributed by atoms with Crippen LogP contribution in [-0.4, -0.2) is 29.5 Å². The molecule has 0 saturated heterocycles. The molecule has 0 aliphatic carbocycles. The molecule has 5 nitrogen and oxygen atoms in total. The van der Waals surface area contributed by atoms with Gasteiger partial charge in [-0.05, 0) is 6.92 Å². The summed E-state index contributed by atoms with van der Waals surface area (Å²) >= 11 is 0. The first-order chi connectivity index (χ1) is 7.76. The van der Waals surface area contributed by atoms with Crippen molar-refractivity contribution >= 4 is 5.97 Å². The molecule has 0 aromatic carbocycles. The molecule has 94 valence electrons. The lowest BCUT2D eigenvalue weighted by atomic mass is 10.2. The van der Waals surface area contributed by atoms with Crippen LogP contribution in [0.25, 0.3) is 0 Å². The molecule has 17 heavy (non-hydrogen) atoms. The highest BCUT2D eigenvalue weighted by Crippen LogP contribution is 2.36. The second-order valence-electron chi connectivity index (χ2n) is 2.97. The maximum atomic E-state index is 12.1. The molecule has 0 radical (unpaired) electrons. The maximum Gasteiger partial charge on any atom is 0.573 e. The van der Waals surface area contributed by atoms with E-state index >= 15 is 0 Å². The first kappa shape index (κ1) is 13.1. The summed E-state index contributed by atoms with van der Waals surface area (Å²) < 4.78 is 44.7. The molecular formula is C9H8F3NO4. The van der Waals surface area contributed by atoms with Crippen molar-refractivity contribution in [1.29, 1.82) is 0 Å². The van der Waals surface area contributed by atoms with Crippen molar-refractivity contribution in [3.8, 4) is 11.5 Å². The first-order valence-electron chi connectivity index (χ1n) is 4.29. The predicted octanol–water partition coefficient (Wildman–Crippen LogP) is 2.00. The lowest BCUT2D eigenvalue weighted by Gasteiger charge is -2.15. The van der Waals surface area contributed by atoms with E-state index in [1.165, 1.54) is 6.92 Å². The van der Waals surface area contributed by atoms with Crippen molar-refractivity contribution in [3.05, 3.63) is 17.5 Å². The summed E-state index contributed by atoms with van der Waals surface area (Å²) in [6.45, 7) is 1.37. The summed E-state index contributed by atoms with van der Waals surface area (Å²) in [4.78, 5) is 14.4. The average Bonchev–Trinajstić information content (AvgIpc) is 2.15. The second-order valence-corrected chi connectivity index (χ2v) is 2.97. The molecule has 1 heterocycles. The number of pyridine rings is 1. The van der Waals surface area contributed by atoms with Crippen LogP contribution in [0.5, 0.6) is 11.5 Å². The minimum atomic E-state index is -5.01. The van der Waals surface area contributed by atoms with E-state index in [1.807, 2.05) is 0 Å². The maximum absolute atomic E-state index is 12.1. The Kier molecular flexibility index (Phi) is 3.45. The summed E-state index contributed by atoms with van der Waals surface area (Å²) in [5.74, 6) is -2.85. The number of aromatic carboxylic acids is 1. The molecule has 0 unspecified atom stereocenters. The average molecular weight is 251 g/mol. The minimum Gasteiger partial charge on any atom is -0.491 e. The zero-order chi connectivity index (χ0) is 13.2. The van der Waals surface area contributed by atoms with Gasteiger partial charge in [-0.3, -0.25) is 4.98 Å². The Morgan fingerprint density at radius 1 is 1.41 bits per heavy atom. The number of aromatic nitrogens is 1. The Labute approximate surface area is 93.8 Å². The van der Waals surface area contributed by atoms with Gasteiger partial charge in [0, 0.05) is 6.20 Å². The van der Waals surface area contributed by atoms with E-state index in [1.54, 1.807) is 0 Å². The fourth-order valence-corrected chi connectivity index (χ4v) is 1.18.